The van der Waals surface area contributed by atoms with Gasteiger partial charge in [0, 0.05) is 32.2 Å². The number of fused-ring (bicyclic) bond motifs is 1. The van der Waals surface area contributed by atoms with Crippen LogP contribution in [0, 0.1) is 0 Å². The Balaban J connectivity index is 0.00000300. The van der Waals surface area contributed by atoms with Crippen LogP contribution in [0.2, 0.25) is 0 Å². The van der Waals surface area contributed by atoms with Crippen molar-refractivity contribution in [3.63, 3.8) is 0 Å². The fourth-order valence-corrected chi connectivity index (χ4v) is 3.55. The van der Waals surface area contributed by atoms with E-state index in [4.69, 9.17) is 9.47 Å². The number of benzene rings is 2. The summed E-state index contributed by atoms with van der Waals surface area (Å²) in [5, 5.41) is 7.03. The summed E-state index contributed by atoms with van der Waals surface area (Å²) in [6.45, 7) is 8.29. The van der Waals surface area contributed by atoms with Crippen LogP contribution in [0.3, 0.4) is 0 Å². The molecule has 2 aromatic carbocycles. The first-order valence-electron chi connectivity index (χ1n) is 9.92. The zero-order valence-corrected chi connectivity index (χ0v) is 20.0. The lowest BCUT2D eigenvalue weighted by molar-refractivity contribution is 0.0694. The number of nitrogens with one attached hydrogen (secondary N) is 2. The van der Waals surface area contributed by atoms with Gasteiger partial charge in [-0.2, -0.15) is 0 Å². The number of nitrogens with zero attached hydrogens (tertiary/aromatic N) is 1. The van der Waals surface area contributed by atoms with E-state index in [0.29, 0.717) is 19.8 Å². The van der Waals surface area contributed by atoms with Crippen LogP contribution in [0.4, 0.5) is 0 Å². The highest BCUT2D eigenvalue weighted by Crippen LogP contribution is 2.39. The molecule has 2 N–H and O–H groups in total. The predicted octanol–water partition coefficient (Wildman–Crippen LogP) is 4.81. The molecule has 1 atom stereocenters. The minimum atomic E-state index is -0.227. The van der Waals surface area contributed by atoms with Gasteiger partial charge in [-0.25, -0.2) is 0 Å². The van der Waals surface area contributed by atoms with Gasteiger partial charge in [0.25, 0.3) is 0 Å². The van der Waals surface area contributed by atoms with Crippen molar-refractivity contribution >= 4 is 29.9 Å². The van der Waals surface area contributed by atoms with Crippen molar-refractivity contribution in [2.75, 3.05) is 13.7 Å². The Morgan fingerprint density at radius 2 is 1.83 bits per heavy atom. The van der Waals surface area contributed by atoms with E-state index >= 15 is 0 Å². The van der Waals surface area contributed by atoms with E-state index in [1.807, 2.05) is 25.1 Å². The Hall–Kier alpha value is -1.80. The second-order valence-electron chi connectivity index (χ2n) is 7.63. The van der Waals surface area contributed by atoms with Crippen LogP contribution in [-0.4, -0.2) is 25.2 Å². The molecule has 29 heavy (non-hydrogen) atoms. The monoisotopic (exact) mass is 509 g/mol. The largest absolute Gasteiger partial charge is 0.487 e. The maximum Gasteiger partial charge on any atom is 0.191 e. The molecular weight excluding hydrogens is 477 g/mol. The quantitative estimate of drug-likeness (QED) is 0.334. The average Bonchev–Trinajstić information content (AvgIpc) is 2.69. The van der Waals surface area contributed by atoms with Gasteiger partial charge in [-0.1, -0.05) is 42.5 Å². The van der Waals surface area contributed by atoms with Gasteiger partial charge in [-0.15, -0.1) is 24.0 Å². The summed E-state index contributed by atoms with van der Waals surface area (Å²) in [7, 11) is 1.80. The lowest BCUT2D eigenvalue weighted by atomic mass is 9.90. The molecule has 158 valence electrons. The van der Waals surface area contributed by atoms with Gasteiger partial charge in [-0.3, -0.25) is 4.99 Å². The molecule has 0 aromatic heterocycles. The molecule has 5 nitrogen and oxygen atoms in total. The molecule has 0 aliphatic carbocycles. The van der Waals surface area contributed by atoms with E-state index in [1.54, 1.807) is 7.05 Å². The van der Waals surface area contributed by atoms with Gasteiger partial charge in [0.15, 0.2) is 5.96 Å². The van der Waals surface area contributed by atoms with Crippen LogP contribution in [-0.2, 0) is 17.9 Å². The summed E-state index contributed by atoms with van der Waals surface area (Å²) in [4.78, 5) is 4.43. The topological polar surface area (TPSA) is 54.9 Å². The maximum absolute atomic E-state index is 6.13. The lowest BCUT2D eigenvalue weighted by Crippen LogP contribution is -2.45. The Morgan fingerprint density at radius 1 is 1.14 bits per heavy atom. The number of guanidine groups is 1. The summed E-state index contributed by atoms with van der Waals surface area (Å²) < 4.78 is 11.7. The van der Waals surface area contributed by atoms with Crippen molar-refractivity contribution in [2.45, 2.75) is 52.0 Å². The third-order valence-electron chi connectivity index (χ3n) is 4.94. The number of halogens is 1. The molecule has 0 radical (unpaired) electrons. The Morgan fingerprint density at radius 3 is 2.55 bits per heavy atom. The zero-order valence-electron chi connectivity index (χ0n) is 17.7. The van der Waals surface area contributed by atoms with Crippen LogP contribution in [0.1, 0.15) is 49.9 Å². The van der Waals surface area contributed by atoms with Crippen molar-refractivity contribution in [1.82, 2.24) is 10.6 Å². The van der Waals surface area contributed by atoms with Crippen molar-refractivity contribution in [2.24, 2.45) is 4.99 Å². The number of hydrogen-bond donors (Lipinski definition) is 2. The van der Waals surface area contributed by atoms with Gasteiger partial charge in [0.05, 0.1) is 12.6 Å². The summed E-state index contributed by atoms with van der Waals surface area (Å²) in [5.74, 6) is 1.72. The van der Waals surface area contributed by atoms with Crippen molar-refractivity contribution in [1.29, 1.82) is 0 Å². The highest BCUT2D eigenvalue weighted by Gasteiger charge is 2.33. The first kappa shape index (κ1) is 23.5. The minimum absolute atomic E-state index is 0. The molecule has 0 saturated carbocycles. The van der Waals surface area contributed by atoms with E-state index in [0.717, 1.165) is 18.1 Å². The fourth-order valence-electron chi connectivity index (χ4n) is 3.55. The molecule has 6 heteroatoms. The number of aliphatic imine (C=N–C) groups is 1. The highest BCUT2D eigenvalue weighted by molar-refractivity contribution is 14.0. The van der Waals surface area contributed by atoms with E-state index < -0.39 is 0 Å². The molecule has 1 unspecified atom stereocenters. The first-order valence-corrected chi connectivity index (χ1v) is 9.92. The number of ether oxygens (including phenoxy) is 2. The van der Waals surface area contributed by atoms with Crippen molar-refractivity contribution in [3.05, 3.63) is 65.2 Å². The van der Waals surface area contributed by atoms with E-state index in [1.165, 1.54) is 16.7 Å². The van der Waals surface area contributed by atoms with E-state index in [9.17, 15) is 0 Å². The summed E-state index contributed by atoms with van der Waals surface area (Å²) in [6, 6.07) is 16.7. The summed E-state index contributed by atoms with van der Waals surface area (Å²) in [5.41, 5.74) is 3.35. The Kier molecular flexibility index (Phi) is 8.77. The SMILES string of the molecule is CCOCc1ccccc1CNC(=NC)NC1CC(C)(C)Oc2ccccc21.I. The normalized spacial score (nSPS) is 17.5. The maximum atomic E-state index is 6.13. The molecular formula is C23H32IN3O2. The summed E-state index contributed by atoms with van der Waals surface area (Å²) in [6.07, 6.45) is 0.867. The first-order chi connectivity index (χ1) is 13.5. The standard InChI is InChI=1S/C23H31N3O2.HI/c1-5-27-16-18-11-7-6-10-17(18)15-25-22(24-4)26-20-14-23(2,3)28-21-13-9-8-12-19(20)21;/h6-13,20H,5,14-16H2,1-4H3,(H2,24,25,26);1H. The summed E-state index contributed by atoms with van der Waals surface area (Å²) >= 11 is 0. The number of hydrogen-bond acceptors (Lipinski definition) is 3. The molecule has 1 heterocycles. The van der Waals surface area contributed by atoms with E-state index in [2.05, 4.69) is 59.8 Å². The van der Waals surface area contributed by atoms with E-state index in [-0.39, 0.29) is 35.6 Å². The van der Waals surface area contributed by atoms with Crippen molar-refractivity contribution < 1.29 is 9.47 Å². The molecule has 0 amide bonds. The molecule has 0 bridgehead atoms. The third kappa shape index (κ3) is 6.34. The lowest BCUT2D eigenvalue weighted by Gasteiger charge is -2.38. The van der Waals surface area contributed by atoms with Gasteiger partial charge >= 0.3 is 0 Å². The highest BCUT2D eigenvalue weighted by atomic mass is 127. The second kappa shape index (κ2) is 10.8. The molecule has 0 saturated heterocycles. The molecule has 1 aliphatic heterocycles. The molecule has 3 rings (SSSR count). The van der Waals surface area contributed by atoms with Gasteiger partial charge in [0.1, 0.15) is 11.4 Å². The Bertz CT molecular complexity index is 823. The fraction of sp³-hybridized carbons (Fsp3) is 0.435. The van der Waals surface area contributed by atoms with Crippen LogP contribution in [0.5, 0.6) is 5.75 Å². The van der Waals surface area contributed by atoms with Crippen LogP contribution < -0.4 is 15.4 Å². The van der Waals surface area contributed by atoms with Gasteiger partial charge in [-0.05, 0) is 38.0 Å². The zero-order chi connectivity index (χ0) is 20.0. The third-order valence-corrected chi connectivity index (χ3v) is 4.94. The molecule has 0 fully saturated rings. The van der Waals surface area contributed by atoms with Crippen LogP contribution >= 0.6 is 24.0 Å². The van der Waals surface area contributed by atoms with Crippen LogP contribution in [0.15, 0.2) is 53.5 Å². The Labute approximate surface area is 191 Å². The van der Waals surface area contributed by atoms with Crippen molar-refractivity contribution in [3.8, 4) is 5.75 Å². The minimum Gasteiger partial charge on any atom is -0.487 e. The number of para-hydroxylation sites is 1. The average molecular weight is 509 g/mol. The van der Waals surface area contributed by atoms with Gasteiger partial charge < -0.3 is 20.1 Å². The smallest absolute Gasteiger partial charge is 0.191 e. The predicted molar refractivity (Wildman–Crippen MR) is 129 cm³/mol. The molecule has 1 aliphatic rings. The second-order valence-corrected chi connectivity index (χ2v) is 7.63. The molecule has 2 aromatic rings. The van der Waals surface area contributed by atoms with Crippen LogP contribution in [0.25, 0.3) is 0 Å². The number of rotatable bonds is 6. The molecule has 0 spiro atoms. The van der Waals surface area contributed by atoms with Gasteiger partial charge in [0.2, 0.25) is 0 Å².